The standard InChI is InChI=1S/C8H7ClFNO5S/c1-16-11-17(14,15)7-2-4(8(12)13)6(10)3-5(7)9/h2-3,11H,1H3,(H,12,13). The van der Waals surface area contributed by atoms with Crippen LogP contribution in [0.4, 0.5) is 4.39 Å². The number of halogens is 2. The Balaban J connectivity index is 3.45. The molecule has 0 aromatic heterocycles. The number of benzene rings is 1. The van der Waals surface area contributed by atoms with Crippen LogP contribution in [0.2, 0.25) is 5.02 Å². The second-order valence-corrected chi connectivity index (χ2v) is 4.88. The van der Waals surface area contributed by atoms with E-state index in [1.807, 2.05) is 0 Å². The zero-order chi connectivity index (χ0) is 13.2. The third-order valence-electron chi connectivity index (χ3n) is 1.73. The van der Waals surface area contributed by atoms with Gasteiger partial charge in [0.1, 0.15) is 10.7 Å². The van der Waals surface area contributed by atoms with Gasteiger partial charge in [0.2, 0.25) is 0 Å². The summed E-state index contributed by atoms with van der Waals surface area (Å²) in [6.45, 7) is 0. The summed E-state index contributed by atoms with van der Waals surface area (Å²) in [4.78, 5) is 15.9. The van der Waals surface area contributed by atoms with Crippen molar-refractivity contribution in [1.82, 2.24) is 4.89 Å². The van der Waals surface area contributed by atoms with Gasteiger partial charge in [-0.25, -0.2) is 17.6 Å². The van der Waals surface area contributed by atoms with Gasteiger partial charge in [-0.3, -0.25) is 4.84 Å². The number of carboxylic acid groups (broad SMARTS) is 1. The van der Waals surface area contributed by atoms with E-state index in [0.29, 0.717) is 12.1 Å². The van der Waals surface area contributed by atoms with Crippen LogP contribution in [0.5, 0.6) is 0 Å². The molecule has 0 fully saturated rings. The van der Waals surface area contributed by atoms with Crippen molar-refractivity contribution in [2.75, 3.05) is 7.11 Å². The average Bonchev–Trinajstić information content (AvgIpc) is 2.15. The Morgan fingerprint density at radius 1 is 1.53 bits per heavy atom. The van der Waals surface area contributed by atoms with Gasteiger partial charge in [0.05, 0.1) is 17.7 Å². The smallest absolute Gasteiger partial charge is 0.338 e. The van der Waals surface area contributed by atoms with Gasteiger partial charge in [-0.05, 0) is 12.1 Å². The van der Waals surface area contributed by atoms with Crippen LogP contribution in [0.1, 0.15) is 10.4 Å². The molecule has 1 rings (SSSR count). The van der Waals surface area contributed by atoms with Crippen molar-refractivity contribution in [3.05, 3.63) is 28.5 Å². The monoisotopic (exact) mass is 283 g/mol. The normalized spacial score (nSPS) is 11.5. The van der Waals surface area contributed by atoms with Crippen molar-refractivity contribution in [3.63, 3.8) is 0 Å². The highest BCUT2D eigenvalue weighted by molar-refractivity contribution is 7.89. The summed E-state index contributed by atoms with van der Waals surface area (Å²) < 4.78 is 36.1. The van der Waals surface area contributed by atoms with Gasteiger partial charge in [-0.1, -0.05) is 16.5 Å². The summed E-state index contributed by atoms with van der Waals surface area (Å²) in [7, 11) is -3.10. The number of carbonyl (C=O) groups is 1. The zero-order valence-electron chi connectivity index (χ0n) is 8.40. The molecular formula is C8H7ClFNO5S. The number of rotatable bonds is 4. The lowest BCUT2D eigenvalue weighted by Crippen LogP contribution is -2.23. The molecule has 0 saturated heterocycles. The average molecular weight is 284 g/mol. The SMILES string of the molecule is CONS(=O)(=O)c1cc(C(=O)O)c(F)cc1Cl. The molecule has 0 aliphatic rings. The molecule has 0 heterocycles. The molecule has 17 heavy (non-hydrogen) atoms. The molecule has 0 radical (unpaired) electrons. The van der Waals surface area contributed by atoms with Gasteiger partial charge < -0.3 is 5.11 Å². The molecule has 0 bridgehead atoms. The largest absolute Gasteiger partial charge is 0.478 e. The Morgan fingerprint density at radius 3 is 2.59 bits per heavy atom. The van der Waals surface area contributed by atoms with E-state index in [4.69, 9.17) is 16.7 Å². The third kappa shape index (κ3) is 2.91. The van der Waals surface area contributed by atoms with E-state index >= 15 is 0 Å². The van der Waals surface area contributed by atoms with E-state index in [-0.39, 0.29) is 0 Å². The van der Waals surface area contributed by atoms with Gasteiger partial charge in [-0.15, -0.1) is 0 Å². The van der Waals surface area contributed by atoms with E-state index in [1.54, 1.807) is 4.89 Å². The minimum atomic E-state index is -4.15. The van der Waals surface area contributed by atoms with Crippen LogP contribution < -0.4 is 4.89 Å². The molecule has 0 atom stereocenters. The summed E-state index contributed by atoms with van der Waals surface area (Å²) in [5, 5.41) is 8.20. The van der Waals surface area contributed by atoms with Gasteiger partial charge in [-0.2, -0.15) is 0 Å². The molecule has 0 spiro atoms. The summed E-state index contributed by atoms with van der Waals surface area (Å²) in [5.74, 6) is -2.73. The first kappa shape index (κ1) is 13.8. The summed E-state index contributed by atoms with van der Waals surface area (Å²) in [5.41, 5.74) is -0.800. The first-order chi connectivity index (χ1) is 7.79. The highest BCUT2D eigenvalue weighted by Gasteiger charge is 2.22. The first-order valence-corrected chi connectivity index (χ1v) is 5.93. The molecule has 0 aliphatic heterocycles. The lowest BCUT2D eigenvalue weighted by Gasteiger charge is -2.07. The molecule has 1 aromatic carbocycles. The van der Waals surface area contributed by atoms with E-state index < -0.39 is 37.3 Å². The Bertz CT molecular complexity index is 559. The minimum Gasteiger partial charge on any atom is -0.478 e. The Hall–Kier alpha value is -1.22. The van der Waals surface area contributed by atoms with Crippen LogP contribution in [0, 0.1) is 5.82 Å². The van der Waals surface area contributed by atoms with Gasteiger partial charge in [0, 0.05) is 0 Å². The lowest BCUT2D eigenvalue weighted by molar-refractivity contribution is 0.0691. The molecule has 0 saturated carbocycles. The van der Waals surface area contributed by atoms with Crippen LogP contribution in [-0.4, -0.2) is 26.6 Å². The number of nitrogens with one attached hydrogen (secondary N) is 1. The fourth-order valence-electron chi connectivity index (χ4n) is 1.05. The molecule has 0 unspecified atom stereocenters. The van der Waals surface area contributed by atoms with Crippen molar-refractivity contribution < 1.29 is 27.5 Å². The highest BCUT2D eigenvalue weighted by atomic mass is 35.5. The number of sulfonamides is 1. The zero-order valence-corrected chi connectivity index (χ0v) is 9.97. The van der Waals surface area contributed by atoms with Crippen molar-refractivity contribution >= 4 is 27.6 Å². The van der Waals surface area contributed by atoms with Crippen molar-refractivity contribution in [1.29, 1.82) is 0 Å². The molecule has 9 heteroatoms. The van der Waals surface area contributed by atoms with E-state index in [2.05, 4.69) is 4.84 Å². The summed E-state index contributed by atoms with van der Waals surface area (Å²) in [6.07, 6.45) is 0. The highest BCUT2D eigenvalue weighted by Crippen LogP contribution is 2.25. The Morgan fingerprint density at radius 2 is 2.12 bits per heavy atom. The number of carboxylic acids is 1. The van der Waals surface area contributed by atoms with Crippen LogP contribution >= 0.6 is 11.6 Å². The molecule has 2 N–H and O–H groups in total. The van der Waals surface area contributed by atoms with E-state index in [9.17, 15) is 17.6 Å². The molecule has 0 aliphatic carbocycles. The second kappa shape index (κ2) is 4.96. The van der Waals surface area contributed by atoms with Crippen molar-refractivity contribution in [2.45, 2.75) is 4.90 Å². The Kier molecular flexibility index (Phi) is 4.04. The second-order valence-electron chi connectivity index (χ2n) is 2.86. The number of hydrogen-bond donors (Lipinski definition) is 2. The fraction of sp³-hybridized carbons (Fsp3) is 0.125. The third-order valence-corrected chi connectivity index (χ3v) is 3.46. The minimum absolute atomic E-state index is 0.447. The number of hydrogen-bond acceptors (Lipinski definition) is 4. The predicted molar refractivity (Wildman–Crippen MR) is 55.7 cm³/mol. The van der Waals surface area contributed by atoms with Gasteiger partial charge in [0.15, 0.2) is 0 Å². The molecule has 94 valence electrons. The molecular weight excluding hydrogens is 277 g/mol. The first-order valence-electron chi connectivity index (χ1n) is 4.06. The maximum atomic E-state index is 13.1. The van der Waals surface area contributed by atoms with Crippen LogP contribution in [-0.2, 0) is 14.9 Å². The van der Waals surface area contributed by atoms with Gasteiger partial charge in [0.25, 0.3) is 10.0 Å². The fourth-order valence-corrected chi connectivity index (χ4v) is 2.41. The maximum absolute atomic E-state index is 13.1. The quantitative estimate of drug-likeness (QED) is 0.805. The van der Waals surface area contributed by atoms with Crippen molar-refractivity contribution in [2.24, 2.45) is 0 Å². The Labute approximate surface area is 101 Å². The van der Waals surface area contributed by atoms with Gasteiger partial charge >= 0.3 is 5.97 Å². The van der Waals surface area contributed by atoms with Crippen LogP contribution in [0.3, 0.4) is 0 Å². The molecule has 1 aromatic rings. The van der Waals surface area contributed by atoms with E-state index in [1.165, 1.54) is 0 Å². The van der Waals surface area contributed by atoms with Crippen LogP contribution in [0.25, 0.3) is 0 Å². The topological polar surface area (TPSA) is 92.7 Å². The lowest BCUT2D eigenvalue weighted by atomic mass is 10.2. The summed E-state index contributed by atoms with van der Waals surface area (Å²) in [6, 6.07) is 1.22. The molecule has 0 amide bonds. The maximum Gasteiger partial charge on any atom is 0.338 e. The van der Waals surface area contributed by atoms with Crippen LogP contribution in [0.15, 0.2) is 17.0 Å². The summed E-state index contributed by atoms with van der Waals surface area (Å²) >= 11 is 5.52. The number of aromatic carboxylic acids is 1. The predicted octanol–water partition coefficient (Wildman–Crippen LogP) is 1.02. The molecule has 6 nitrogen and oxygen atoms in total. The van der Waals surface area contributed by atoms with Crippen molar-refractivity contribution in [3.8, 4) is 0 Å². The van der Waals surface area contributed by atoms with E-state index in [0.717, 1.165) is 7.11 Å².